The minimum Gasteiger partial charge on any atom is -0.455 e. The number of aromatic nitrogens is 1. The highest BCUT2D eigenvalue weighted by atomic mass is 35.5. The summed E-state index contributed by atoms with van der Waals surface area (Å²) < 4.78 is 8.14. The van der Waals surface area contributed by atoms with Crippen molar-refractivity contribution in [3.05, 3.63) is 76.0 Å². The summed E-state index contributed by atoms with van der Waals surface area (Å²) in [6, 6.07) is 17.1. The second-order valence-corrected chi connectivity index (χ2v) is 5.99. The molecule has 0 saturated heterocycles. The minimum atomic E-state index is 0.672. The fourth-order valence-electron chi connectivity index (χ4n) is 2.43. The Hall–Kier alpha value is -1.90. The van der Waals surface area contributed by atoms with Gasteiger partial charge in [0.15, 0.2) is 5.75 Å². The topological polar surface area (TPSA) is 14.2 Å². The van der Waals surface area contributed by atoms with Gasteiger partial charge in [-0.25, -0.2) is 0 Å². The van der Waals surface area contributed by atoms with Crippen LogP contribution in [0.2, 0.25) is 10.0 Å². The van der Waals surface area contributed by atoms with Gasteiger partial charge in [-0.3, -0.25) is 0 Å². The van der Waals surface area contributed by atoms with Crippen LogP contribution in [0, 0.1) is 13.8 Å². The normalized spacial score (nSPS) is 10.7. The Labute approximate surface area is 139 Å². The summed E-state index contributed by atoms with van der Waals surface area (Å²) >= 11 is 12.1. The van der Waals surface area contributed by atoms with Crippen molar-refractivity contribution >= 4 is 23.2 Å². The van der Waals surface area contributed by atoms with Gasteiger partial charge in [0, 0.05) is 21.4 Å². The Bertz CT molecular complexity index is 787. The van der Waals surface area contributed by atoms with Crippen LogP contribution >= 0.6 is 23.2 Å². The van der Waals surface area contributed by atoms with Crippen molar-refractivity contribution in [1.29, 1.82) is 0 Å². The average Bonchev–Trinajstić information content (AvgIpc) is 2.82. The third-order valence-electron chi connectivity index (χ3n) is 3.47. The first-order chi connectivity index (χ1) is 10.5. The molecule has 0 spiro atoms. The Morgan fingerprint density at radius 3 is 2.00 bits per heavy atom. The zero-order chi connectivity index (χ0) is 15.7. The summed E-state index contributed by atoms with van der Waals surface area (Å²) in [4.78, 5) is 0. The molecule has 0 aliphatic rings. The SMILES string of the molecule is Cc1ccc(C)n1-c1cc(Cl)ccc1Oc1ccc(Cl)cc1. The number of benzene rings is 2. The molecule has 0 amide bonds. The molecule has 0 unspecified atom stereocenters. The standard InChI is InChI=1S/C18H15Cl2NO/c1-12-3-4-13(2)21(12)17-11-15(20)7-10-18(17)22-16-8-5-14(19)6-9-16/h3-11H,1-2H3. The Balaban J connectivity index is 2.07. The Morgan fingerprint density at radius 1 is 0.773 bits per heavy atom. The van der Waals surface area contributed by atoms with Crippen LogP contribution in [-0.2, 0) is 0 Å². The third-order valence-corrected chi connectivity index (χ3v) is 3.96. The number of hydrogen-bond donors (Lipinski definition) is 0. The molecule has 0 aliphatic heterocycles. The van der Waals surface area contributed by atoms with Gasteiger partial charge in [0.25, 0.3) is 0 Å². The van der Waals surface area contributed by atoms with E-state index in [-0.39, 0.29) is 0 Å². The first-order valence-corrected chi connectivity index (χ1v) is 7.68. The van der Waals surface area contributed by atoms with Gasteiger partial charge in [0.2, 0.25) is 0 Å². The largest absolute Gasteiger partial charge is 0.455 e. The molecule has 3 aromatic rings. The first kappa shape index (κ1) is 15.0. The highest BCUT2D eigenvalue weighted by molar-refractivity contribution is 6.31. The number of nitrogens with zero attached hydrogens (tertiary/aromatic N) is 1. The van der Waals surface area contributed by atoms with E-state index in [0.717, 1.165) is 28.6 Å². The molecule has 22 heavy (non-hydrogen) atoms. The van der Waals surface area contributed by atoms with Gasteiger partial charge in [0.05, 0.1) is 5.69 Å². The van der Waals surface area contributed by atoms with Crippen molar-refractivity contribution in [2.75, 3.05) is 0 Å². The van der Waals surface area contributed by atoms with Crippen LogP contribution in [0.1, 0.15) is 11.4 Å². The Morgan fingerprint density at radius 2 is 1.36 bits per heavy atom. The van der Waals surface area contributed by atoms with Gasteiger partial charge >= 0.3 is 0 Å². The monoisotopic (exact) mass is 331 g/mol. The number of rotatable bonds is 3. The number of ether oxygens (including phenoxy) is 1. The number of hydrogen-bond acceptors (Lipinski definition) is 1. The summed E-state index contributed by atoms with van der Waals surface area (Å²) in [5, 5.41) is 1.35. The molecule has 0 aliphatic carbocycles. The van der Waals surface area contributed by atoms with E-state index in [2.05, 4.69) is 30.5 Å². The van der Waals surface area contributed by atoms with Crippen LogP contribution in [0.4, 0.5) is 0 Å². The fraction of sp³-hybridized carbons (Fsp3) is 0.111. The van der Waals surface area contributed by atoms with Crippen molar-refractivity contribution in [1.82, 2.24) is 4.57 Å². The van der Waals surface area contributed by atoms with E-state index >= 15 is 0 Å². The third kappa shape index (κ3) is 2.99. The van der Waals surface area contributed by atoms with E-state index in [1.54, 1.807) is 12.1 Å². The molecule has 1 heterocycles. The molecule has 0 atom stereocenters. The second-order valence-electron chi connectivity index (χ2n) is 5.12. The zero-order valence-electron chi connectivity index (χ0n) is 12.3. The molecule has 112 valence electrons. The van der Waals surface area contributed by atoms with Gasteiger partial charge in [0.1, 0.15) is 5.75 Å². The number of aryl methyl sites for hydroxylation is 2. The van der Waals surface area contributed by atoms with E-state index in [1.807, 2.05) is 30.3 Å². The van der Waals surface area contributed by atoms with Crippen molar-refractivity contribution < 1.29 is 4.74 Å². The molecule has 1 aromatic heterocycles. The lowest BCUT2D eigenvalue weighted by Crippen LogP contribution is -2.01. The molecule has 0 N–H and O–H groups in total. The van der Waals surface area contributed by atoms with Crippen LogP contribution in [0.5, 0.6) is 11.5 Å². The van der Waals surface area contributed by atoms with E-state index in [1.165, 1.54) is 0 Å². The molecule has 2 nitrogen and oxygen atoms in total. The van der Waals surface area contributed by atoms with Gasteiger partial charge in [-0.1, -0.05) is 23.2 Å². The lowest BCUT2D eigenvalue weighted by atomic mass is 10.2. The smallest absolute Gasteiger partial charge is 0.151 e. The molecule has 0 fully saturated rings. The van der Waals surface area contributed by atoms with E-state index in [0.29, 0.717) is 10.0 Å². The fourth-order valence-corrected chi connectivity index (χ4v) is 2.72. The summed E-state index contributed by atoms with van der Waals surface area (Å²) in [5.41, 5.74) is 3.17. The highest BCUT2D eigenvalue weighted by Crippen LogP contribution is 2.33. The maximum absolute atomic E-state index is 6.18. The Kier molecular flexibility index (Phi) is 4.14. The van der Waals surface area contributed by atoms with Crippen molar-refractivity contribution in [2.24, 2.45) is 0 Å². The van der Waals surface area contributed by atoms with Gasteiger partial charge in [-0.2, -0.15) is 0 Å². The van der Waals surface area contributed by atoms with Crippen LogP contribution < -0.4 is 4.74 Å². The van der Waals surface area contributed by atoms with Crippen molar-refractivity contribution in [3.63, 3.8) is 0 Å². The molecule has 2 aromatic carbocycles. The second kappa shape index (κ2) is 6.07. The lowest BCUT2D eigenvalue weighted by molar-refractivity contribution is 0.479. The molecule has 0 saturated carbocycles. The van der Waals surface area contributed by atoms with Gasteiger partial charge < -0.3 is 9.30 Å². The summed E-state index contributed by atoms with van der Waals surface area (Å²) in [5.74, 6) is 1.48. The van der Waals surface area contributed by atoms with Crippen LogP contribution in [-0.4, -0.2) is 4.57 Å². The quantitative estimate of drug-likeness (QED) is 0.557. The molecule has 3 rings (SSSR count). The highest BCUT2D eigenvalue weighted by Gasteiger charge is 2.12. The minimum absolute atomic E-state index is 0.672. The maximum Gasteiger partial charge on any atom is 0.151 e. The predicted molar refractivity (Wildman–Crippen MR) is 91.8 cm³/mol. The average molecular weight is 332 g/mol. The summed E-state index contributed by atoms with van der Waals surface area (Å²) in [7, 11) is 0. The van der Waals surface area contributed by atoms with Gasteiger partial charge in [-0.05, 0) is 68.4 Å². The maximum atomic E-state index is 6.18. The zero-order valence-corrected chi connectivity index (χ0v) is 13.8. The van der Waals surface area contributed by atoms with Crippen LogP contribution in [0.3, 0.4) is 0 Å². The van der Waals surface area contributed by atoms with Crippen molar-refractivity contribution in [3.8, 4) is 17.2 Å². The molecule has 0 radical (unpaired) electrons. The predicted octanol–water partition coefficient (Wildman–Crippen LogP) is 6.19. The summed E-state index contributed by atoms with van der Waals surface area (Å²) in [6.07, 6.45) is 0. The van der Waals surface area contributed by atoms with Crippen molar-refractivity contribution in [2.45, 2.75) is 13.8 Å². The summed E-state index contributed by atoms with van der Waals surface area (Å²) in [6.45, 7) is 4.11. The van der Waals surface area contributed by atoms with E-state index in [9.17, 15) is 0 Å². The van der Waals surface area contributed by atoms with E-state index in [4.69, 9.17) is 27.9 Å². The van der Waals surface area contributed by atoms with Gasteiger partial charge in [-0.15, -0.1) is 0 Å². The molecule has 4 heteroatoms. The first-order valence-electron chi connectivity index (χ1n) is 6.93. The molecule has 0 bridgehead atoms. The van der Waals surface area contributed by atoms with Crippen LogP contribution in [0.25, 0.3) is 5.69 Å². The van der Waals surface area contributed by atoms with E-state index < -0.39 is 0 Å². The lowest BCUT2D eigenvalue weighted by Gasteiger charge is -2.16. The van der Waals surface area contributed by atoms with Crippen LogP contribution in [0.15, 0.2) is 54.6 Å². The molecular formula is C18H15Cl2NO. The molecular weight excluding hydrogens is 317 g/mol. The number of halogens is 2.